The Morgan fingerprint density at radius 2 is 1.82 bits per heavy atom. The fraction of sp³-hybridized carbons (Fsp3) is 0.929. The van der Waals surface area contributed by atoms with Gasteiger partial charge in [0.1, 0.15) is 0 Å². The molecule has 17 heavy (non-hydrogen) atoms. The van der Waals surface area contributed by atoms with Gasteiger partial charge in [-0.1, -0.05) is 0 Å². The van der Waals surface area contributed by atoms with E-state index in [1.807, 2.05) is 11.9 Å². The van der Waals surface area contributed by atoms with E-state index in [1.54, 1.807) is 0 Å². The minimum atomic E-state index is 0.366. The van der Waals surface area contributed by atoms with Gasteiger partial charge in [-0.25, -0.2) is 0 Å². The molecule has 2 atom stereocenters. The molecule has 0 aromatic carbocycles. The van der Waals surface area contributed by atoms with Crippen LogP contribution in [0.4, 0.5) is 0 Å². The van der Waals surface area contributed by atoms with Crippen LogP contribution in [-0.2, 0) is 4.79 Å². The highest BCUT2D eigenvalue weighted by molar-refractivity contribution is 5.79. The zero-order valence-electron chi connectivity index (χ0n) is 10.8. The van der Waals surface area contributed by atoms with Crippen molar-refractivity contribution in [2.45, 2.75) is 32.1 Å². The zero-order valence-corrected chi connectivity index (χ0v) is 10.8. The van der Waals surface area contributed by atoms with Gasteiger partial charge in [0.15, 0.2) is 0 Å². The second-order valence-electron chi connectivity index (χ2n) is 6.34. The zero-order chi connectivity index (χ0) is 11.8. The van der Waals surface area contributed by atoms with Crippen LogP contribution in [0.5, 0.6) is 0 Å². The van der Waals surface area contributed by atoms with E-state index in [1.165, 1.54) is 32.1 Å². The monoisotopic (exact) mass is 236 g/mol. The van der Waals surface area contributed by atoms with Gasteiger partial charge in [0.2, 0.25) is 5.91 Å². The molecule has 1 saturated heterocycles. The third-order valence-corrected chi connectivity index (χ3v) is 4.96. The highest BCUT2D eigenvalue weighted by Crippen LogP contribution is 2.54. The van der Waals surface area contributed by atoms with E-state index >= 15 is 0 Å². The summed E-state index contributed by atoms with van der Waals surface area (Å²) in [7, 11) is 2.01. The quantitative estimate of drug-likeness (QED) is 0.805. The molecule has 0 aromatic heterocycles. The summed E-state index contributed by atoms with van der Waals surface area (Å²) in [5, 5.41) is 3.38. The molecule has 0 aromatic rings. The van der Waals surface area contributed by atoms with Gasteiger partial charge in [0.25, 0.3) is 0 Å². The van der Waals surface area contributed by atoms with Crippen LogP contribution in [0, 0.1) is 23.7 Å². The lowest BCUT2D eigenvalue weighted by Gasteiger charge is -2.29. The maximum atomic E-state index is 12.3. The number of amides is 1. The molecule has 3 aliphatic rings. The molecule has 3 heteroatoms. The van der Waals surface area contributed by atoms with Crippen molar-refractivity contribution in [3.05, 3.63) is 0 Å². The Labute approximate surface area is 104 Å². The highest BCUT2D eigenvalue weighted by atomic mass is 16.2. The lowest BCUT2D eigenvalue weighted by atomic mass is 9.96. The first-order valence-electron chi connectivity index (χ1n) is 7.19. The number of hydrogen-bond donors (Lipinski definition) is 1. The van der Waals surface area contributed by atoms with E-state index < -0.39 is 0 Å². The largest absolute Gasteiger partial charge is 0.345 e. The van der Waals surface area contributed by atoms with Crippen molar-refractivity contribution in [1.29, 1.82) is 0 Å². The minimum absolute atomic E-state index is 0.366. The van der Waals surface area contributed by atoms with Crippen LogP contribution in [0.15, 0.2) is 0 Å². The van der Waals surface area contributed by atoms with Crippen LogP contribution in [0.25, 0.3) is 0 Å². The van der Waals surface area contributed by atoms with Gasteiger partial charge in [-0.15, -0.1) is 0 Å². The number of hydrogen-bond acceptors (Lipinski definition) is 2. The molecule has 96 valence electrons. The first-order valence-corrected chi connectivity index (χ1v) is 7.19. The Hall–Kier alpha value is -0.570. The van der Waals surface area contributed by atoms with Crippen molar-refractivity contribution in [2.75, 3.05) is 26.7 Å². The molecule has 0 spiro atoms. The fourth-order valence-corrected chi connectivity index (χ4v) is 3.77. The van der Waals surface area contributed by atoms with Gasteiger partial charge in [-0.3, -0.25) is 4.79 Å². The summed E-state index contributed by atoms with van der Waals surface area (Å²) in [5.74, 6) is 3.34. The van der Waals surface area contributed by atoms with E-state index in [4.69, 9.17) is 0 Å². The average molecular weight is 236 g/mol. The molecule has 2 saturated carbocycles. The summed E-state index contributed by atoms with van der Waals surface area (Å²) >= 11 is 0. The summed E-state index contributed by atoms with van der Waals surface area (Å²) in [6, 6.07) is 0. The molecular formula is C14H24N2O. The first kappa shape index (κ1) is 11.5. The first-order chi connectivity index (χ1) is 8.24. The minimum Gasteiger partial charge on any atom is -0.345 e. The van der Waals surface area contributed by atoms with Crippen molar-refractivity contribution in [2.24, 2.45) is 23.7 Å². The third-order valence-electron chi connectivity index (χ3n) is 4.96. The molecule has 1 heterocycles. The smallest absolute Gasteiger partial charge is 0.225 e. The number of nitrogens with zero attached hydrogens (tertiary/aromatic N) is 1. The molecule has 2 unspecified atom stereocenters. The third kappa shape index (κ3) is 2.49. The van der Waals surface area contributed by atoms with E-state index in [0.717, 1.165) is 37.4 Å². The fourth-order valence-electron chi connectivity index (χ4n) is 3.77. The van der Waals surface area contributed by atoms with Gasteiger partial charge in [-0.05, 0) is 62.9 Å². The van der Waals surface area contributed by atoms with Gasteiger partial charge < -0.3 is 10.2 Å². The predicted molar refractivity (Wildman–Crippen MR) is 67.6 cm³/mol. The molecule has 3 rings (SSSR count). The maximum Gasteiger partial charge on any atom is 0.225 e. The van der Waals surface area contributed by atoms with Gasteiger partial charge in [0, 0.05) is 19.5 Å². The number of fused-ring (bicyclic) bond motifs is 1. The number of piperidine rings is 1. The van der Waals surface area contributed by atoms with E-state index in [0.29, 0.717) is 11.8 Å². The van der Waals surface area contributed by atoms with Crippen molar-refractivity contribution in [3.63, 3.8) is 0 Å². The molecule has 1 aliphatic heterocycles. The van der Waals surface area contributed by atoms with Crippen LogP contribution in [-0.4, -0.2) is 37.5 Å². The Morgan fingerprint density at radius 3 is 2.47 bits per heavy atom. The standard InChI is InChI=1S/C14H24N2O/c1-16(9-10-2-4-15-5-3-10)14(17)13-7-11-6-12(11)8-13/h10-13,15H,2-9H2,1H3. The number of rotatable bonds is 3. The maximum absolute atomic E-state index is 12.3. The lowest BCUT2D eigenvalue weighted by Crippen LogP contribution is -2.39. The second-order valence-corrected chi connectivity index (χ2v) is 6.34. The van der Waals surface area contributed by atoms with Crippen molar-refractivity contribution in [1.82, 2.24) is 10.2 Å². The molecular weight excluding hydrogens is 212 g/mol. The van der Waals surface area contributed by atoms with Crippen LogP contribution < -0.4 is 5.32 Å². The van der Waals surface area contributed by atoms with Gasteiger partial charge in [0.05, 0.1) is 0 Å². The average Bonchev–Trinajstić information content (AvgIpc) is 2.96. The van der Waals surface area contributed by atoms with Gasteiger partial charge in [-0.2, -0.15) is 0 Å². The Bertz CT molecular complexity index is 289. The van der Waals surface area contributed by atoms with E-state index in [-0.39, 0.29) is 0 Å². The Balaban J connectivity index is 1.47. The number of carbonyl (C=O) groups excluding carboxylic acids is 1. The molecule has 3 fully saturated rings. The predicted octanol–water partition coefficient (Wildman–Crippen LogP) is 1.49. The van der Waals surface area contributed by atoms with Crippen molar-refractivity contribution >= 4 is 5.91 Å². The lowest BCUT2D eigenvalue weighted by molar-refractivity contribution is -0.135. The van der Waals surface area contributed by atoms with E-state index in [2.05, 4.69) is 5.32 Å². The summed E-state index contributed by atoms with van der Waals surface area (Å²) < 4.78 is 0. The summed E-state index contributed by atoms with van der Waals surface area (Å²) in [6.45, 7) is 3.23. The van der Waals surface area contributed by atoms with Crippen LogP contribution >= 0.6 is 0 Å². The van der Waals surface area contributed by atoms with Crippen molar-refractivity contribution < 1.29 is 4.79 Å². The Morgan fingerprint density at radius 1 is 1.18 bits per heavy atom. The normalized spacial score (nSPS) is 36.6. The van der Waals surface area contributed by atoms with Crippen LogP contribution in [0.3, 0.4) is 0 Å². The molecule has 0 bridgehead atoms. The molecule has 0 radical (unpaired) electrons. The molecule has 3 nitrogen and oxygen atoms in total. The van der Waals surface area contributed by atoms with Gasteiger partial charge >= 0.3 is 0 Å². The Kier molecular flexibility index (Phi) is 3.12. The molecule has 2 aliphatic carbocycles. The second kappa shape index (κ2) is 4.60. The van der Waals surface area contributed by atoms with Crippen LogP contribution in [0.1, 0.15) is 32.1 Å². The number of nitrogens with one attached hydrogen (secondary N) is 1. The topological polar surface area (TPSA) is 32.3 Å². The molecule has 1 N–H and O–H groups in total. The van der Waals surface area contributed by atoms with Crippen LogP contribution in [0.2, 0.25) is 0 Å². The summed E-state index contributed by atoms with van der Waals surface area (Å²) in [4.78, 5) is 14.3. The summed E-state index contributed by atoms with van der Waals surface area (Å²) in [6.07, 6.45) is 6.23. The molecule has 1 amide bonds. The number of carbonyl (C=O) groups is 1. The highest BCUT2D eigenvalue weighted by Gasteiger charge is 2.48. The summed E-state index contributed by atoms with van der Waals surface area (Å²) in [5.41, 5.74) is 0. The van der Waals surface area contributed by atoms with E-state index in [9.17, 15) is 4.79 Å². The van der Waals surface area contributed by atoms with Crippen molar-refractivity contribution in [3.8, 4) is 0 Å². The SMILES string of the molecule is CN(CC1CCNCC1)C(=O)C1CC2CC2C1.